The van der Waals surface area contributed by atoms with Crippen LogP contribution < -0.4 is 4.90 Å². The minimum atomic E-state index is 1.13. The van der Waals surface area contributed by atoms with Gasteiger partial charge in [-0.05, 0) is 18.2 Å². The Hall–Kier alpha value is -0.960. The van der Waals surface area contributed by atoms with E-state index >= 15 is 0 Å². The van der Waals surface area contributed by atoms with Crippen molar-refractivity contribution in [3.8, 4) is 0 Å². The SMILES string of the molecule is CN(C)c1ccc(Br)c2cc[nH]c12. The standard InChI is InChI=1S/C10H11BrN2/c1-13(2)9-4-3-8(11)7-5-6-12-10(7)9/h3-6,12H,1-2H3. The lowest BCUT2D eigenvalue weighted by Crippen LogP contribution is -2.08. The first kappa shape index (κ1) is 8.63. The molecule has 0 bridgehead atoms. The van der Waals surface area contributed by atoms with E-state index < -0.39 is 0 Å². The molecule has 0 aliphatic heterocycles. The number of hydrogen-bond acceptors (Lipinski definition) is 1. The van der Waals surface area contributed by atoms with Gasteiger partial charge in [0.05, 0.1) is 11.2 Å². The third-order valence-corrected chi connectivity index (χ3v) is 2.82. The van der Waals surface area contributed by atoms with E-state index in [0.29, 0.717) is 0 Å². The fourth-order valence-corrected chi connectivity index (χ4v) is 1.94. The third kappa shape index (κ3) is 1.33. The Bertz CT molecular complexity index is 431. The van der Waals surface area contributed by atoms with Crippen molar-refractivity contribution < 1.29 is 0 Å². The molecule has 0 aliphatic rings. The first-order valence-corrected chi connectivity index (χ1v) is 4.92. The summed E-state index contributed by atoms with van der Waals surface area (Å²) in [4.78, 5) is 5.34. The Labute approximate surface area is 85.7 Å². The van der Waals surface area contributed by atoms with Crippen LogP contribution in [0.15, 0.2) is 28.9 Å². The normalized spacial score (nSPS) is 10.7. The minimum Gasteiger partial charge on any atom is -0.376 e. The van der Waals surface area contributed by atoms with Gasteiger partial charge in [-0.1, -0.05) is 15.9 Å². The van der Waals surface area contributed by atoms with Gasteiger partial charge in [0, 0.05) is 30.2 Å². The van der Waals surface area contributed by atoms with Crippen LogP contribution in [0.5, 0.6) is 0 Å². The molecule has 2 rings (SSSR count). The zero-order chi connectivity index (χ0) is 9.42. The molecule has 2 nitrogen and oxygen atoms in total. The summed E-state index contributed by atoms with van der Waals surface area (Å²) in [6.07, 6.45) is 1.96. The highest BCUT2D eigenvalue weighted by molar-refractivity contribution is 9.10. The largest absolute Gasteiger partial charge is 0.376 e. The van der Waals surface area contributed by atoms with E-state index in [-0.39, 0.29) is 0 Å². The molecule has 13 heavy (non-hydrogen) atoms. The molecule has 3 heteroatoms. The topological polar surface area (TPSA) is 19.0 Å². The van der Waals surface area contributed by atoms with Crippen LogP contribution in [-0.2, 0) is 0 Å². The molecule has 1 N–H and O–H groups in total. The van der Waals surface area contributed by atoms with Gasteiger partial charge in [0.2, 0.25) is 0 Å². The van der Waals surface area contributed by atoms with E-state index in [1.165, 1.54) is 16.6 Å². The molecule has 1 aromatic carbocycles. The minimum absolute atomic E-state index is 1.13. The molecule has 0 fully saturated rings. The van der Waals surface area contributed by atoms with Crippen molar-refractivity contribution >= 4 is 32.5 Å². The second-order valence-corrected chi connectivity index (χ2v) is 4.08. The maximum absolute atomic E-state index is 3.52. The van der Waals surface area contributed by atoms with E-state index in [0.717, 1.165) is 4.47 Å². The number of H-pyrrole nitrogens is 1. The van der Waals surface area contributed by atoms with Gasteiger partial charge in [0.15, 0.2) is 0 Å². The number of aromatic nitrogens is 1. The van der Waals surface area contributed by atoms with Crippen molar-refractivity contribution in [1.29, 1.82) is 0 Å². The summed E-state index contributed by atoms with van der Waals surface area (Å²) in [6.45, 7) is 0. The number of anilines is 1. The monoisotopic (exact) mass is 238 g/mol. The van der Waals surface area contributed by atoms with Crippen LogP contribution in [0.3, 0.4) is 0 Å². The van der Waals surface area contributed by atoms with Crippen molar-refractivity contribution in [2.75, 3.05) is 19.0 Å². The maximum atomic E-state index is 3.52. The van der Waals surface area contributed by atoms with Gasteiger partial charge < -0.3 is 9.88 Å². The zero-order valence-corrected chi connectivity index (χ0v) is 9.22. The molecule has 0 saturated heterocycles. The van der Waals surface area contributed by atoms with E-state index in [4.69, 9.17) is 0 Å². The molecular formula is C10H11BrN2. The molecule has 0 aliphatic carbocycles. The van der Waals surface area contributed by atoms with E-state index in [9.17, 15) is 0 Å². The molecule has 0 atom stereocenters. The van der Waals surface area contributed by atoms with Crippen molar-refractivity contribution in [1.82, 2.24) is 4.98 Å². The Morgan fingerprint density at radius 3 is 2.69 bits per heavy atom. The molecule has 1 aromatic heterocycles. The lowest BCUT2D eigenvalue weighted by molar-refractivity contribution is 1.14. The van der Waals surface area contributed by atoms with Crippen molar-refractivity contribution in [2.24, 2.45) is 0 Å². The summed E-state index contributed by atoms with van der Waals surface area (Å²) in [5.74, 6) is 0. The molecule has 2 aromatic rings. The highest BCUT2D eigenvalue weighted by Crippen LogP contribution is 2.30. The maximum Gasteiger partial charge on any atom is 0.0702 e. The molecule has 68 valence electrons. The fourth-order valence-electron chi connectivity index (χ4n) is 1.48. The Morgan fingerprint density at radius 1 is 1.23 bits per heavy atom. The van der Waals surface area contributed by atoms with Crippen LogP contribution >= 0.6 is 15.9 Å². The average molecular weight is 239 g/mol. The summed E-state index contributed by atoms with van der Waals surface area (Å²) in [5, 5.41) is 1.23. The summed E-state index contributed by atoms with van der Waals surface area (Å²) >= 11 is 3.52. The molecule has 0 amide bonds. The summed E-state index contributed by atoms with van der Waals surface area (Å²) in [7, 11) is 4.09. The van der Waals surface area contributed by atoms with Gasteiger partial charge in [-0.3, -0.25) is 0 Å². The Kier molecular flexibility index (Phi) is 2.04. The number of aromatic amines is 1. The lowest BCUT2D eigenvalue weighted by atomic mass is 10.2. The smallest absolute Gasteiger partial charge is 0.0702 e. The highest BCUT2D eigenvalue weighted by atomic mass is 79.9. The van der Waals surface area contributed by atoms with Crippen LogP contribution in [0, 0.1) is 0 Å². The second-order valence-electron chi connectivity index (χ2n) is 3.23. The third-order valence-electron chi connectivity index (χ3n) is 2.13. The number of rotatable bonds is 1. The van der Waals surface area contributed by atoms with Crippen LogP contribution in [0.25, 0.3) is 10.9 Å². The average Bonchev–Trinajstić information content (AvgIpc) is 2.53. The highest BCUT2D eigenvalue weighted by Gasteiger charge is 2.05. The van der Waals surface area contributed by atoms with Gasteiger partial charge in [-0.15, -0.1) is 0 Å². The molecule has 1 heterocycles. The molecule has 0 saturated carbocycles. The number of hydrogen-bond donors (Lipinski definition) is 1. The Morgan fingerprint density at radius 2 is 2.00 bits per heavy atom. The number of halogens is 1. The number of nitrogens with one attached hydrogen (secondary N) is 1. The van der Waals surface area contributed by atoms with Gasteiger partial charge >= 0.3 is 0 Å². The van der Waals surface area contributed by atoms with E-state index in [1.807, 2.05) is 20.3 Å². The van der Waals surface area contributed by atoms with Gasteiger partial charge in [-0.25, -0.2) is 0 Å². The quantitative estimate of drug-likeness (QED) is 0.810. The van der Waals surface area contributed by atoms with Crippen LogP contribution in [0.1, 0.15) is 0 Å². The Balaban J connectivity index is 2.78. The molecule has 0 spiro atoms. The second kappa shape index (κ2) is 3.07. The summed E-state index contributed by atoms with van der Waals surface area (Å²) in [6, 6.07) is 6.25. The van der Waals surface area contributed by atoms with Gasteiger partial charge in [-0.2, -0.15) is 0 Å². The number of benzene rings is 1. The number of nitrogens with zero attached hydrogens (tertiary/aromatic N) is 1. The summed E-state index contributed by atoms with van der Waals surface area (Å²) < 4.78 is 1.13. The lowest BCUT2D eigenvalue weighted by Gasteiger charge is -2.13. The van der Waals surface area contributed by atoms with Crippen molar-refractivity contribution in [2.45, 2.75) is 0 Å². The summed E-state index contributed by atoms with van der Waals surface area (Å²) in [5.41, 5.74) is 2.39. The molecular weight excluding hydrogens is 228 g/mol. The number of fused-ring (bicyclic) bond motifs is 1. The van der Waals surface area contributed by atoms with Gasteiger partial charge in [0.1, 0.15) is 0 Å². The fraction of sp³-hybridized carbons (Fsp3) is 0.200. The van der Waals surface area contributed by atoms with Crippen LogP contribution in [0.4, 0.5) is 5.69 Å². The van der Waals surface area contributed by atoms with E-state index in [1.54, 1.807) is 0 Å². The van der Waals surface area contributed by atoms with Gasteiger partial charge in [0.25, 0.3) is 0 Å². The van der Waals surface area contributed by atoms with Crippen LogP contribution in [0.2, 0.25) is 0 Å². The van der Waals surface area contributed by atoms with E-state index in [2.05, 4.69) is 44.0 Å². The predicted molar refractivity (Wildman–Crippen MR) is 60.3 cm³/mol. The predicted octanol–water partition coefficient (Wildman–Crippen LogP) is 3.00. The van der Waals surface area contributed by atoms with Crippen molar-refractivity contribution in [3.05, 3.63) is 28.9 Å². The molecule has 0 radical (unpaired) electrons. The van der Waals surface area contributed by atoms with Crippen molar-refractivity contribution in [3.63, 3.8) is 0 Å². The first-order valence-electron chi connectivity index (χ1n) is 4.13. The molecule has 0 unspecified atom stereocenters. The van der Waals surface area contributed by atoms with Crippen LogP contribution in [-0.4, -0.2) is 19.1 Å². The first-order chi connectivity index (χ1) is 6.20. The zero-order valence-electron chi connectivity index (χ0n) is 7.63.